The minimum Gasteiger partial charge on any atom is -0.481 e. The van der Waals surface area contributed by atoms with Gasteiger partial charge in [0.15, 0.2) is 0 Å². The molecular formula is C15H28O2. The van der Waals surface area contributed by atoms with Gasteiger partial charge in [0.1, 0.15) is 0 Å². The Kier molecular flexibility index (Phi) is 7.30. The van der Waals surface area contributed by atoms with Crippen molar-refractivity contribution in [3.8, 4) is 0 Å². The van der Waals surface area contributed by atoms with Crippen molar-refractivity contribution < 1.29 is 9.90 Å². The van der Waals surface area contributed by atoms with Gasteiger partial charge >= 0.3 is 5.97 Å². The predicted octanol–water partition coefficient (Wildman–Crippen LogP) is 4.63. The Morgan fingerprint density at radius 3 is 1.59 bits per heavy atom. The summed E-state index contributed by atoms with van der Waals surface area (Å²) in [6, 6.07) is 0. The Labute approximate surface area is 106 Å². The van der Waals surface area contributed by atoms with E-state index in [9.17, 15) is 4.79 Å². The fourth-order valence-corrected chi connectivity index (χ4v) is 2.90. The first kappa shape index (κ1) is 14.5. The second-order valence-electron chi connectivity index (χ2n) is 5.65. The molecule has 1 N–H and O–H groups in total. The highest BCUT2D eigenvalue weighted by Gasteiger charge is 2.24. The van der Waals surface area contributed by atoms with E-state index in [1.165, 1.54) is 57.8 Å². The molecule has 0 bridgehead atoms. The number of aliphatic carboxylic acids is 1. The van der Waals surface area contributed by atoms with Crippen molar-refractivity contribution >= 4 is 5.97 Å². The molecule has 1 atom stereocenters. The SMILES string of the molecule is C1CCCCC1.CC(C(=O)O)C1CCCCC1. The molecule has 0 aromatic carbocycles. The number of carbonyl (C=O) groups is 1. The van der Waals surface area contributed by atoms with Crippen LogP contribution in [0.15, 0.2) is 0 Å². The summed E-state index contributed by atoms with van der Waals surface area (Å²) < 4.78 is 0. The van der Waals surface area contributed by atoms with Crippen molar-refractivity contribution in [3.05, 3.63) is 0 Å². The van der Waals surface area contributed by atoms with E-state index in [1.807, 2.05) is 6.92 Å². The number of hydrogen-bond acceptors (Lipinski definition) is 1. The fourth-order valence-electron chi connectivity index (χ4n) is 2.90. The molecule has 2 aliphatic rings. The van der Waals surface area contributed by atoms with E-state index in [1.54, 1.807) is 0 Å². The van der Waals surface area contributed by atoms with E-state index in [4.69, 9.17) is 5.11 Å². The van der Waals surface area contributed by atoms with Crippen LogP contribution in [0.25, 0.3) is 0 Å². The molecule has 2 aliphatic carbocycles. The summed E-state index contributed by atoms with van der Waals surface area (Å²) in [6.45, 7) is 1.83. The zero-order valence-electron chi connectivity index (χ0n) is 11.3. The summed E-state index contributed by atoms with van der Waals surface area (Å²) in [4.78, 5) is 10.6. The van der Waals surface area contributed by atoms with Crippen molar-refractivity contribution in [1.82, 2.24) is 0 Å². The van der Waals surface area contributed by atoms with Gasteiger partial charge in [-0.15, -0.1) is 0 Å². The lowest BCUT2D eigenvalue weighted by Crippen LogP contribution is -2.22. The monoisotopic (exact) mass is 240 g/mol. The average Bonchev–Trinajstić information content (AvgIpc) is 2.41. The average molecular weight is 240 g/mol. The molecule has 2 nitrogen and oxygen atoms in total. The van der Waals surface area contributed by atoms with E-state index < -0.39 is 5.97 Å². The third kappa shape index (κ3) is 6.09. The maximum Gasteiger partial charge on any atom is 0.306 e. The molecule has 0 aromatic heterocycles. The number of carboxylic acids is 1. The van der Waals surface area contributed by atoms with Gasteiger partial charge in [-0.05, 0) is 18.8 Å². The second-order valence-corrected chi connectivity index (χ2v) is 5.65. The summed E-state index contributed by atoms with van der Waals surface area (Å²) in [7, 11) is 0. The Balaban J connectivity index is 0.000000202. The molecule has 0 amide bonds. The molecule has 0 heterocycles. The van der Waals surface area contributed by atoms with Crippen LogP contribution >= 0.6 is 0 Å². The van der Waals surface area contributed by atoms with Crippen LogP contribution in [-0.4, -0.2) is 11.1 Å². The van der Waals surface area contributed by atoms with Gasteiger partial charge in [0.2, 0.25) is 0 Å². The van der Waals surface area contributed by atoms with E-state index in [-0.39, 0.29) is 5.92 Å². The standard InChI is InChI=1S/C9H16O2.C6H12/c1-7(9(10)11)8-5-3-2-4-6-8;1-2-4-6-5-3-1/h7-8H,2-6H2,1H3,(H,10,11);1-6H2. The van der Waals surface area contributed by atoms with Crippen molar-refractivity contribution in [2.75, 3.05) is 0 Å². The summed E-state index contributed by atoms with van der Waals surface area (Å²) in [5.41, 5.74) is 0. The minimum absolute atomic E-state index is 0.129. The molecule has 0 saturated heterocycles. The maximum atomic E-state index is 10.6. The maximum absolute atomic E-state index is 10.6. The van der Waals surface area contributed by atoms with Crippen LogP contribution in [0.2, 0.25) is 0 Å². The lowest BCUT2D eigenvalue weighted by molar-refractivity contribution is -0.143. The Morgan fingerprint density at radius 1 is 0.882 bits per heavy atom. The van der Waals surface area contributed by atoms with E-state index in [2.05, 4.69) is 0 Å². The highest BCUT2D eigenvalue weighted by atomic mass is 16.4. The van der Waals surface area contributed by atoms with Crippen molar-refractivity contribution in [2.24, 2.45) is 11.8 Å². The van der Waals surface area contributed by atoms with Gasteiger partial charge < -0.3 is 5.11 Å². The van der Waals surface area contributed by atoms with Gasteiger partial charge in [-0.2, -0.15) is 0 Å². The third-order valence-corrected chi connectivity index (χ3v) is 4.25. The van der Waals surface area contributed by atoms with Gasteiger partial charge in [-0.1, -0.05) is 64.7 Å². The topological polar surface area (TPSA) is 37.3 Å². The van der Waals surface area contributed by atoms with Crippen LogP contribution in [0.4, 0.5) is 0 Å². The smallest absolute Gasteiger partial charge is 0.306 e. The Bertz CT molecular complexity index is 191. The van der Waals surface area contributed by atoms with Crippen LogP contribution in [0.5, 0.6) is 0 Å². The zero-order chi connectivity index (χ0) is 12.5. The molecule has 2 rings (SSSR count). The van der Waals surface area contributed by atoms with Crippen LogP contribution < -0.4 is 0 Å². The third-order valence-electron chi connectivity index (χ3n) is 4.25. The van der Waals surface area contributed by atoms with Crippen molar-refractivity contribution in [2.45, 2.75) is 77.6 Å². The lowest BCUT2D eigenvalue weighted by Gasteiger charge is -2.24. The molecule has 2 heteroatoms. The Morgan fingerprint density at radius 2 is 1.24 bits per heavy atom. The molecular weight excluding hydrogens is 212 g/mol. The van der Waals surface area contributed by atoms with Crippen molar-refractivity contribution in [1.29, 1.82) is 0 Å². The summed E-state index contributed by atoms with van der Waals surface area (Å²) in [5.74, 6) is -0.312. The zero-order valence-corrected chi connectivity index (χ0v) is 11.3. The quantitative estimate of drug-likeness (QED) is 0.764. The normalized spacial score (nSPS) is 23.4. The van der Waals surface area contributed by atoms with Crippen LogP contribution in [0, 0.1) is 11.8 Å². The molecule has 17 heavy (non-hydrogen) atoms. The van der Waals surface area contributed by atoms with Gasteiger partial charge in [0.25, 0.3) is 0 Å². The highest BCUT2D eigenvalue weighted by molar-refractivity contribution is 5.69. The summed E-state index contributed by atoms with van der Waals surface area (Å²) in [5, 5.41) is 8.73. The predicted molar refractivity (Wildman–Crippen MR) is 71.1 cm³/mol. The van der Waals surface area contributed by atoms with Gasteiger partial charge in [-0.25, -0.2) is 0 Å². The molecule has 0 aromatic rings. The molecule has 0 spiro atoms. The van der Waals surface area contributed by atoms with Crippen molar-refractivity contribution in [3.63, 3.8) is 0 Å². The van der Waals surface area contributed by atoms with Gasteiger partial charge in [0.05, 0.1) is 5.92 Å². The highest BCUT2D eigenvalue weighted by Crippen LogP contribution is 2.29. The minimum atomic E-state index is -0.628. The van der Waals surface area contributed by atoms with Crippen LogP contribution in [-0.2, 0) is 4.79 Å². The number of hydrogen-bond donors (Lipinski definition) is 1. The molecule has 0 radical (unpaired) electrons. The molecule has 100 valence electrons. The summed E-state index contributed by atoms with van der Waals surface area (Å²) >= 11 is 0. The summed E-state index contributed by atoms with van der Waals surface area (Å²) in [6.07, 6.45) is 15.0. The first-order valence-corrected chi connectivity index (χ1v) is 7.44. The van der Waals surface area contributed by atoms with Crippen LogP contribution in [0.1, 0.15) is 77.6 Å². The number of rotatable bonds is 2. The van der Waals surface area contributed by atoms with Crippen LogP contribution in [0.3, 0.4) is 0 Å². The molecule has 1 unspecified atom stereocenters. The first-order chi connectivity index (χ1) is 8.22. The van der Waals surface area contributed by atoms with Gasteiger partial charge in [0, 0.05) is 0 Å². The molecule has 2 fully saturated rings. The van der Waals surface area contributed by atoms with Gasteiger partial charge in [-0.3, -0.25) is 4.79 Å². The lowest BCUT2D eigenvalue weighted by atomic mass is 9.81. The fraction of sp³-hybridized carbons (Fsp3) is 0.933. The Hall–Kier alpha value is -0.530. The molecule has 2 saturated carbocycles. The van der Waals surface area contributed by atoms with E-state index in [0.717, 1.165) is 12.8 Å². The largest absolute Gasteiger partial charge is 0.481 e. The molecule has 0 aliphatic heterocycles. The second kappa shape index (κ2) is 8.54. The number of carboxylic acid groups (broad SMARTS) is 1. The van der Waals surface area contributed by atoms with E-state index in [0.29, 0.717) is 5.92 Å². The van der Waals surface area contributed by atoms with E-state index >= 15 is 0 Å². The first-order valence-electron chi connectivity index (χ1n) is 7.44.